The van der Waals surface area contributed by atoms with Crippen LogP contribution < -0.4 is 20.1 Å². The van der Waals surface area contributed by atoms with E-state index < -0.39 is 12.0 Å². The minimum Gasteiger partial charge on any atom is -0.493 e. The highest BCUT2D eigenvalue weighted by molar-refractivity contribution is 5.95. The third-order valence-corrected chi connectivity index (χ3v) is 4.90. The van der Waals surface area contributed by atoms with E-state index in [1.165, 1.54) is 0 Å². The molecule has 1 fully saturated rings. The lowest BCUT2D eigenvalue weighted by Gasteiger charge is -2.28. The van der Waals surface area contributed by atoms with E-state index in [9.17, 15) is 9.59 Å². The van der Waals surface area contributed by atoms with Gasteiger partial charge >= 0.3 is 12.0 Å². The van der Waals surface area contributed by atoms with E-state index in [4.69, 9.17) is 18.9 Å². The van der Waals surface area contributed by atoms with Crippen molar-refractivity contribution in [3.8, 4) is 11.5 Å². The second kappa shape index (κ2) is 9.65. The fourth-order valence-corrected chi connectivity index (χ4v) is 3.43. The molecular formula is C21H28N2O6. The molecule has 1 aromatic carbocycles. The zero-order chi connectivity index (χ0) is 20.8. The van der Waals surface area contributed by atoms with Gasteiger partial charge in [0.2, 0.25) is 0 Å². The number of ether oxygens (including phenoxy) is 4. The largest absolute Gasteiger partial charge is 0.493 e. The van der Waals surface area contributed by atoms with E-state index in [0.29, 0.717) is 41.5 Å². The lowest BCUT2D eigenvalue weighted by atomic mass is 9.95. The van der Waals surface area contributed by atoms with E-state index in [1.807, 2.05) is 13.0 Å². The van der Waals surface area contributed by atoms with Gasteiger partial charge in [0, 0.05) is 12.3 Å². The summed E-state index contributed by atoms with van der Waals surface area (Å²) >= 11 is 0. The van der Waals surface area contributed by atoms with Gasteiger partial charge < -0.3 is 29.6 Å². The number of urea groups is 1. The quantitative estimate of drug-likeness (QED) is 0.647. The molecule has 29 heavy (non-hydrogen) atoms. The van der Waals surface area contributed by atoms with Gasteiger partial charge in [-0.2, -0.15) is 0 Å². The number of esters is 1. The fraction of sp³-hybridized carbons (Fsp3) is 0.524. The molecule has 8 heteroatoms. The van der Waals surface area contributed by atoms with Crippen LogP contribution in [-0.2, 0) is 14.3 Å². The predicted octanol–water partition coefficient (Wildman–Crippen LogP) is 2.83. The molecule has 2 amide bonds. The van der Waals surface area contributed by atoms with Crippen molar-refractivity contribution in [3.63, 3.8) is 0 Å². The summed E-state index contributed by atoms with van der Waals surface area (Å²) in [4.78, 5) is 24.9. The molecule has 2 aliphatic heterocycles. The standard InChI is InChI=1S/C21H28N2O6/c1-4-9-28-16-8-7-14(11-17(16)26-3)19-18(13(2)22-21(25)23-19)20(24)29-12-15-6-5-10-27-15/h7-8,11,15,19H,4-6,9-10,12H2,1-3H3,(H2,22,23,25). The molecule has 3 rings (SSSR count). The number of allylic oxidation sites excluding steroid dienone is 1. The van der Waals surface area contributed by atoms with E-state index >= 15 is 0 Å². The monoisotopic (exact) mass is 404 g/mol. The van der Waals surface area contributed by atoms with Crippen LogP contribution >= 0.6 is 0 Å². The normalized spacial score (nSPS) is 21.4. The van der Waals surface area contributed by atoms with Crippen LogP contribution in [0.4, 0.5) is 4.79 Å². The van der Waals surface area contributed by atoms with Crippen LogP contribution in [0.1, 0.15) is 44.7 Å². The third-order valence-electron chi connectivity index (χ3n) is 4.90. The van der Waals surface area contributed by atoms with Gasteiger partial charge in [-0.25, -0.2) is 9.59 Å². The molecule has 0 aromatic heterocycles. The summed E-state index contributed by atoms with van der Waals surface area (Å²) in [5.74, 6) is 0.663. The Labute approximate surface area is 170 Å². The zero-order valence-electron chi connectivity index (χ0n) is 17.1. The number of hydrogen-bond donors (Lipinski definition) is 2. The second-order valence-corrected chi connectivity index (χ2v) is 7.06. The molecule has 2 atom stereocenters. The van der Waals surface area contributed by atoms with Crippen molar-refractivity contribution in [2.45, 2.75) is 45.3 Å². The van der Waals surface area contributed by atoms with Gasteiger partial charge in [0.05, 0.1) is 31.4 Å². The van der Waals surface area contributed by atoms with Crippen molar-refractivity contribution in [2.75, 3.05) is 26.9 Å². The van der Waals surface area contributed by atoms with Crippen LogP contribution in [0, 0.1) is 0 Å². The molecule has 158 valence electrons. The molecule has 1 aromatic rings. The van der Waals surface area contributed by atoms with Crippen molar-refractivity contribution in [1.29, 1.82) is 0 Å². The Kier molecular flexibility index (Phi) is 6.98. The van der Waals surface area contributed by atoms with Gasteiger partial charge in [0.1, 0.15) is 6.61 Å². The molecule has 2 unspecified atom stereocenters. The summed E-state index contributed by atoms with van der Waals surface area (Å²) in [7, 11) is 1.55. The van der Waals surface area contributed by atoms with Crippen LogP contribution in [0.2, 0.25) is 0 Å². The van der Waals surface area contributed by atoms with Crippen LogP contribution in [0.5, 0.6) is 11.5 Å². The van der Waals surface area contributed by atoms with Crippen molar-refractivity contribution >= 4 is 12.0 Å². The average molecular weight is 404 g/mol. The number of amides is 2. The number of carbonyl (C=O) groups excluding carboxylic acids is 2. The molecule has 0 spiro atoms. The number of carbonyl (C=O) groups is 2. The Balaban J connectivity index is 1.83. The molecule has 0 bridgehead atoms. The molecule has 8 nitrogen and oxygen atoms in total. The maximum absolute atomic E-state index is 12.8. The maximum atomic E-state index is 12.8. The van der Waals surface area contributed by atoms with Gasteiger partial charge in [-0.3, -0.25) is 0 Å². The minimum absolute atomic E-state index is 0.0699. The first-order chi connectivity index (χ1) is 14.0. The molecule has 1 saturated heterocycles. The summed E-state index contributed by atoms with van der Waals surface area (Å²) in [5, 5.41) is 5.45. The first-order valence-electron chi connectivity index (χ1n) is 9.91. The summed E-state index contributed by atoms with van der Waals surface area (Å²) < 4.78 is 22.1. The fourth-order valence-electron chi connectivity index (χ4n) is 3.43. The van der Waals surface area contributed by atoms with Crippen molar-refractivity contribution in [1.82, 2.24) is 10.6 Å². The van der Waals surface area contributed by atoms with Crippen LogP contribution in [0.15, 0.2) is 29.5 Å². The molecular weight excluding hydrogens is 376 g/mol. The SMILES string of the molecule is CCCOc1ccc(C2NC(=O)NC(C)=C2C(=O)OCC2CCCO2)cc1OC. The predicted molar refractivity (Wildman–Crippen MR) is 106 cm³/mol. The van der Waals surface area contributed by atoms with E-state index in [1.54, 1.807) is 26.2 Å². The van der Waals surface area contributed by atoms with E-state index in [2.05, 4.69) is 10.6 Å². The Bertz CT molecular complexity index is 785. The van der Waals surface area contributed by atoms with Gasteiger partial charge in [-0.1, -0.05) is 13.0 Å². The molecule has 2 heterocycles. The van der Waals surface area contributed by atoms with Crippen molar-refractivity contribution in [2.24, 2.45) is 0 Å². The van der Waals surface area contributed by atoms with Gasteiger partial charge in [0.15, 0.2) is 11.5 Å². The Morgan fingerprint density at radius 1 is 1.31 bits per heavy atom. The Morgan fingerprint density at radius 3 is 2.83 bits per heavy atom. The number of rotatable bonds is 8. The highest BCUT2D eigenvalue weighted by atomic mass is 16.6. The summed E-state index contributed by atoms with van der Waals surface area (Å²) in [5.41, 5.74) is 1.51. The second-order valence-electron chi connectivity index (χ2n) is 7.06. The lowest BCUT2D eigenvalue weighted by molar-refractivity contribution is -0.142. The summed E-state index contributed by atoms with van der Waals surface area (Å²) in [6.07, 6.45) is 2.65. The van der Waals surface area contributed by atoms with Crippen LogP contribution in [-0.4, -0.2) is 45.0 Å². The average Bonchev–Trinajstić information content (AvgIpc) is 3.23. The Morgan fingerprint density at radius 2 is 2.14 bits per heavy atom. The van der Waals surface area contributed by atoms with E-state index in [0.717, 1.165) is 19.3 Å². The summed E-state index contributed by atoms with van der Waals surface area (Å²) in [6, 6.07) is 4.32. The number of methoxy groups -OCH3 is 1. The molecule has 0 saturated carbocycles. The third kappa shape index (κ3) is 5.00. The molecule has 0 aliphatic carbocycles. The number of hydrogen-bond acceptors (Lipinski definition) is 6. The topological polar surface area (TPSA) is 95.1 Å². The van der Waals surface area contributed by atoms with Gasteiger partial charge in [-0.05, 0) is 43.9 Å². The first-order valence-corrected chi connectivity index (χ1v) is 9.91. The number of benzene rings is 1. The molecule has 0 radical (unpaired) electrons. The highest BCUT2D eigenvalue weighted by Crippen LogP contribution is 2.34. The van der Waals surface area contributed by atoms with Crippen LogP contribution in [0.25, 0.3) is 0 Å². The lowest BCUT2D eigenvalue weighted by Crippen LogP contribution is -2.45. The summed E-state index contributed by atoms with van der Waals surface area (Å²) in [6.45, 7) is 5.16. The smallest absolute Gasteiger partial charge is 0.338 e. The van der Waals surface area contributed by atoms with Crippen molar-refractivity contribution < 1.29 is 28.5 Å². The highest BCUT2D eigenvalue weighted by Gasteiger charge is 2.33. The number of nitrogens with one attached hydrogen (secondary N) is 2. The van der Waals surface area contributed by atoms with Crippen LogP contribution in [0.3, 0.4) is 0 Å². The van der Waals surface area contributed by atoms with Gasteiger partial charge in [-0.15, -0.1) is 0 Å². The molecule has 2 N–H and O–H groups in total. The zero-order valence-corrected chi connectivity index (χ0v) is 17.1. The molecule has 2 aliphatic rings. The van der Waals surface area contributed by atoms with E-state index in [-0.39, 0.29) is 18.7 Å². The maximum Gasteiger partial charge on any atom is 0.338 e. The first kappa shape index (κ1) is 21.0. The minimum atomic E-state index is -0.658. The van der Waals surface area contributed by atoms with Gasteiger partial charge in [0.25, 0.3) is 0 Å². The Hall–Kier alpha value is -2.74. The van der Waals surface area contributed by atoms with Crippen molar-refractivity contribution in [3.05, 3.63) is 35.0 Å².